The van der Waals surface area contributed by atoms with Crippen molar-refractivity contribution in [2.75, 3.05) is 32.7 Å². The van der Waals surface area contributed by atoms with Crippen LogP contribution in [0.3, 0.4) is 0 Å². The minimum atomic E-state index is -0.138. The van der Waals surface area contributed by atoms with Crippen LogP contribution in [-0.4, -0.2) is 38.6 Å². The fourth-order valence-corrected chi connectivity index (χ4v) is 2.92. The fourth-order valence-electron chi connectivity index (χ4n) is 2.92. The Balaban J connectivity index is 1.66. The second-order valence-corrected chi connectivity index (χ2v) is 5.47. The van der Waals surface area contributed by atoms with Crippen molar-refractivity contribution in [2.24, 2.45) is 0 Å². The molecule has 5 nitrogen and oxygen atoms in total. The van der Waals surface area contributed by atoms with Crippen LogP contribution in [0.15, 0.2) is 18.2 Å². The Kier molecular flexibility index (Phi) is 3.72. The van der Waals surface area contributed by atoms with Crippen molar-refractivity contribution >= 4 is 5.69 Å². The second kappa shape index (κ2) is 5.50. The molecule has 2 N–H and O–H groups in total. The lowest BCUT2D eigenvalue weighted by Crippen LogP contribution is -2.44. The summed E-state index contributed by atoms with van der Waals surface area (Å²) < 4.78 is 22.6. The van der Waals surface area contributed by atoms with Gasteiger partial charge >= 0.3 is 0 Å². The van der Waals surface area contributed by atoms with E-state index in [0.29, 0.717) is 18.0 Å². The van der Waals surface area contributed by atoms with E-state index in [9.17, 15) is 0 Å². The minimum Gasteiger partial charge on any atom is -0.495 e. The highest BCUT2D eigenvalue weighted by Gasteiger charge is 2.41. The van der Waals surface area contributed by atoms with Crippen LogP contribution in [-0.2, 0) is 9.47 Å². The molecule has 2 aliphatic rings. The largest absolute Gasteiger partial charge is 0.495 e. The average Bonchev–Trinajstić information content (AvgIpc) is 2.87. The molecule has 1 spiro atoms. The van der Waals surface area contributed by atoms with E-state index >= 15 is 0 Å². The summed E-state index contributed by atoms with van der Waals surface area (Å²) in [6, 6.07) is 5.53. The van der Waals surface area contributed by atoms with Crippen LogP contribution in [0.25, 0.3) is 0 Å². The molecule has 0 radical (unpaired) electrons. The first kappa shape index (κ1) is 13.5. The van der Waals surface area contributed by atoms with Gasteiger partial charge in [0.25, 0.3) is 0 Å². The summed E-state index contributed by atoms with van der Waals surface area (Å²) in [6.45, 7) is 2.18. The van der Waals surface area contributed by atoms with Gasteiger partial charge in [-0.05, 0) is 12.1 Å². The maximum absolute atomic E-state index is 6.05. The van der Waals surface area contributed by atoms with E-state index in [1.165, 1.54) is 0 Å². The van der Waals surface area contributed by atoms with Crippen molar-refractivity contribution in [3.8, 4) is 11.5 Å². The molecule has 1 aromatic carbocycles. The van der Waals surface area contributed by atoms with Crippen molar-refractivity contribution in [1.82, 2.24) is 0 Å². The lowest BCUT2D eigenvalue weighted by Gasteiger charge is -2.37. The molecule has 2 unspecified atom stereocenters. The number of nitrogen functional groups attached to an aromatic ring is 1. The van der Waals surface area contributed by atoms with Gasteiger partial charge < -0.3 is 24.7 Å². The van der Waals surface area contributed by atoms with Crippen LogP contribution < -0.4 is 15.2 Å². The molecule has 0 aliphatic carbocycles. The highest BCUT2D eigenvalue weighted by atomic mass is 16.6. The molecular formula is C15H21NO4. The molecule has 2 atom stereocenters. The van der Waals surface area contributed by atoms with Crippen LogP contribution in [0.2, 0.25) is 0 Å². The first-order valence-electron chi connectivity index (χ1n) is 7.03. The maximum Gasteiger partial charge on any atom is 0.142 e. The molecule has 0 bridgehead atoms. The second-order valence-electron chi connectivity index (χ2n) is 5.47. The van der Waals surface area contributed by atoms with Gasteiger partial charge in [-0.25, -0.2) is 0 Å². The number of rotatable bonds is 3. The fraction of sp³-hybridized carbons (Fsp3) is 0.600. The summed E-state index contributed by atoms with van der Waals surface area (Å²) >= 11 is 0. The van der Waals surface area contributed by atoms with Gasteiger partial charge in [-0.2, -0.15) is 0 Å². The van der Waals surface area contributed by atoms with Crippen LogP contribution in [0.5, 0.6) is 11.5 Å². The highest BCUT2D eigenvalue weighted by Crippen LogP contribution is 2.35. The summed E-state index contributed by atoms with van der Waals surface area (Å²) in [5.74, 6) is 1.45. The Hall–Kier alpha value is -1.46. The van der Waals surface area contributed by atoms with Gasteiger partial charge in [-0.3, -0.25) is 0 Å². The van der Waals surface area contributed by atoms with Crippen molar-refractivity contribution < 1.29 is 18.9 Å². The normalized spacial score (nSPS) is 29.6. The quantitative estimate of drug-likeness (QED) is 0.857. The number of methoxy groups -OCH3 is 1. The first-order chi connectivity index (χ1) is 9.71. The molecule has 5 heteroatoms. The summed E-state index contributed by atoms with van der Waals surface area (Å²) in [5, 5.41) is 0. The molecule has 2 heterocycles. The molecule has 2 aliphatic heterocycles. The number of nitrogens with two attached hydrogens (primary N) is 1. The van der Waals surface area contributed by atoms with Crippen LogP contribution in [0.4, 0.5) is 5.69 Å². The Bertz CT molecular complexity index is 471. The van der Waals surface area contributed by atoms with Crippen molar-refractivity contribution in [1.29, 1.82) is 0 Å². The third kappa shape index (κ3) is 2.69. The first-order valence-corrected chi connectivity index (χ1v) is 7.03. The van der Waals surface area contributed by atoms with Crippen molar-refractivity contribution in [2.45, 2.75) is 31.0 Å². The Morgan fingerprint density at radius 3 is 2.95 bits per heavy atom. The van der Waals surface area contributed by atoms with Crippen LogP contribution in [0.1, 0.15) is 19.3 Å². The van der Waals surface area contributed by atoms with E-state index in [0.717, 1.165) is 38.2 Å². The molecule has 0 saturated carbocycles. The van der Waals surface area contributed by atoms with Gasteiger partial charge in [-0.1, -0.05) is 0 Å². The standard InChI is InChI=1S/C15H21NO4/c1-17-14-3-2-11(8-13(14)16)20-12-4-6-19-15(9-12)5-7-18-10-15/h2-3,8,12H,4-7,9-10,16H2,1H3. The monoisotopic (exact) mass is 279 g/mol. The smallest absolute Gasteiger partial charge is 0.142 e. The molecule has 2 fully saturated rings. The van der Waals surface area contributed by atoms with Crippen molar-refractivity contribution in [3.05, 3.63) is 18.2 Å². The zero-order valence-electron chi connectivity index (χ0n) is 11.8. The summed E-state index contributed by atoms with van der Waals surface area (Å²) in [4.78, 5) is 0. The van der Waals surface area contributed by atoms with E-state index in [2.05, 4.69) is 0 Å². The van der Waals surface area contributed by atoms with E-state index in [-0.39, 0.29) is 11.7 Å². The SMILES string of the molecule is COc1ccc(OC2CCOC3(CCOC3)C2)cc1N. The van der Waals surface area contributed by atoms with Gasteiger partial charge in [0.1, 0.15) is 17.6 Å². The number of anilines is 1. The molecular weight excluding hydrogens is 258 g/mol. The lowest BCUT2D eigenvalue weighted by atomic mass is 9.91. The highest BCUT2D eigenvalue weighted by molar-refractivity contribution is 5.56. The Morgan fingerprint density at radius 2 is 2.25 bits per heavy atom. The molecule has 0 aromatic heterocycles. The van der Waals surface area contributed by atoms with Gasteiger partial charge in [0, 0.05) is 31.9 Å². The number of hydrogen-bond acceptors (Lipinski definition) is 5. The average molecular weight is 279 g/mol. The van der Waals surface area contributed by atoms with Gasteiger partial charge in [0.2, 0.25) is 0 Å². The molecule has 110 valence electrons. The number of ether oxygens (including phenoxy) is 4. The topological polar surface area (TPSA) is 62.9 Å². The third-order valence-corrected chi connectivity index (χ3v) is 4.02. The minimum absolute atomic E-state index is 0.138. The molecule has 0 amide bonds. The van der Waals surface area contributed by atoms with Crippen molar-refractivity contribution in [3.63, 3.8) is 0 Å². The van der Waals surface area contributed by atoms with Gasteiger partial charge in [-0.15, -0.1) is 0 Å². The molecule has 2 saturated heterocycles. The van der Waals surface area contributed by atoms with E-state index in [4.69, 9.17) is 24.7 Å². The lowest BCUT2D eigenvalue weighted by molar-refractivity contribution is -0.112. The van der Waals surface area contributed by atoms with E-state index < -0.39 is 0 Å². The van der Waals surface area contributed by atoms with Gasteiger partial charge in [0.15, 0.2) is 0 Å². The summed E-state index contributed by atoms with van der Waals surface area (Å²) in [6.07, 6.45) is 2.88. The predicted molar refractivity (Wildman–Crippen MR) is 75.2 cm³/mol. The maximum atomic E-state index is 6.05. The van der Waals surface area contributed by atoms with Gasteiger partial charge in [0.05, 0.1) is 31.6 Å². The molecule has 20 heavy (non-hydrogen) atoms. The van der Waals surface area contributed by atoms with E-state index in [1.807, 2.05) is 18.2 Å². The van der Waals surface area contributed by atoms with Crippen LogP contribution in [0, 0.1) is 0 Å². The summed E-state index contributed by atoms with van der Waals surface area (Å²) in [7, 11) is 1.61. The predicted octanol–water partition coefficient (Wildman–Crippen LogP) is 1.99. The zero-order chi connectivity index (χ0) is 14.0. The van der Waals surface area contributed by atoms with Crippen LogP contribution >= 0.6 is 0 Å². The summed E-state index contributed by atoms with van der Waals surface area (Å²) in [5.41, 5.74) is 6.36. The number of benzene rings is 1. The molecule has 1 aromatic rings. The number of hydrogen-bond donors (Lipinski definition) is 1. The van der Waals surface area contributed by atoms with E-state index in [1.54, 1.807) is 7.11 Å². The Morgan fingerprint density at radius 1 is 1.35 bits per heavy atom. The molecule has 3 rings (SSSR count). The zero-order valence-corrected chi connectivity index (χ0v) is 11.8. The Labute approximate surface area is 118 Å². The third-order valence-electron chi connectivity index (χ3n) is 4.02.